The molecule has 1 unspecified atom stereocenters. The van der Waals surface area contributed by atoms with Crippen LogP contribution in [0.5, 0.6) is 0 Å². The molecular weight excluding hydrogens is 306 g/mol. The van der Waals surface area contributed by atoms with E-state index in [-0.39, 0.29) is 6.61 Å². The van der Waals surface area contributed by atoms with Crippen molar-refractivity contribution < 1.29 is 10.2 Å². The molecule has 1 aromatic rings. The van der Waals surface area contributed by atoms with Crippen molar-refractivity contribution in [3.63, 3.8) is 0 Å². The fourth-order valence-corrected chi connectivity index (χ4v) is 3.19. The van der Waals surface area contributed by atoms with E-state index in [0.717, 1.165) is 23.0 Å². The van der Waals surface area contributed by atoms with Gasteiger partial charge in [-0.1, -0.05) is 22.0 Å². The Kier molecular flexibility index (Phi) is 5.25. The summed E-state index contributed by atoms with van der Waals surface area (Å²) in [6, 6.07) is 6.74. The van der Waals surface area contributed by atoms with E-state index in [1.165, 1.54) is 24.9 Å². The third-order valence-corrected chi connectivity index (χ3v) is 4.53. The van der Waals surface area contributed by atoms with Crippen molar-refractivity contribution in [2.24, 2.45) is 0 Å². The van der Waals surface area contributed by atoms with Crippen molar-refractivity contribution in [1.29, 1.82) is 0 Å². The van der Waals surface area contributed by atoms with Gasteiger partial charge in [0.05, 0.1) is 6.10 Å². The summed E-state index contributed by atoms with van der Waals surface area (Å²) in [5.41, 5.74) is 2.09. The number of aliphatic hydroxyl groups is 2. The second-order valence-electron chi connectivity index (χ2n) is 5.24. The molecule has 4 heteroatoms. The van der Waals surface area contributed by atoms with Crippen LogP contribution < -0.4 is 4.90 Å². The lowest BCUT2D eigenvalue weighted by atomic mass is 9.90. The minimum Gasteiger partial charge on any atom is -0.396 e. The Bertz CT molecular complexity index is 419. The zero-order valence-electron chi connectivity index (χ0n) is 11.3. The second-order valence-corrected chi connectivity index (χ2v) is 6.09. The molecule has 106 valence electrons. The van der Waals surface area contributed by atoms with E-state index >= 15 is 0 Å². The summed E-state index contributed by atoms with van der Waals surface area (Å²) in [6.45, 7) is 2.90. The molecule has 0 aromatic heterocycles. The molecule has 19 heavy (non-hydrogen) atoms. The van der Waals surface area contributed by atoms with E-state index in [2.05, 4.69) is 33.0 Å². The molecule has 1 aromatic carbocycles. The zero-order valence-corrected chi connectivity index (χ0v) is 12.9. The topological polar surface area (TPSA) is 43.7 Å². The molecule has 1 aliphatic rings. The first-order valence-corrected chi connectivity index (χ1v) is 7.77. The van der Waals surface area contributed by atoms with Gasteiger partial charge in [0.25, 0.3) is 0 Å². The number of rotatable bonds is 6. The minimum atomic E-state index is -0.460. The highest BCUT2D eigenvalue weighted by atomic mass is 79.9. The van der Waals surface area contributed by atoms with Crippen LogP contribution in [-0.2, 0) is 0 Å². The van der Waals surface area contributed by atoms with E-state index in [1.54, 1.807) is 6.92 Å². The predicted octanol–water partition coefficient (Wildman–Crippen LogP) is 3.24. The van der Waals surface area contributed by atoms with Crippen molar-refractivity contribution in [1.82, 2.24) is 0 Å². The fraction of sp³-hybridized carbons (Fsp3) is 0.600. The summed E-state index contributed by atoms with van der Waals surface area (Å²) >= 11 is 3.54. The van der Waals surface area contributed by atoms with Crippen LogP contribution in [0.1, 0.15) is 44.3 Å². The normalized spacial score (nSPS) is 17.1. The summed E-state index contributed by atoms with van der Waals surface area (Å²) in [5.74, 6) is 0. The number of hydrogen-bond donors (Lipinski definition) is 2. The van der Waals surface area contributed by atoms with Crippen molar-refractivity contribution in [2.45, 2.75) is 44.8 Å². The summed E-state index contributed by atoms with van der Waals surface area (Å²) in [7, 11) is 0. The van der Waals surface area contributed by atoms with Crippen LogP contribution in [0.3, 0.4) is 0 Å². The highest BCUT2D eigenvalue weighted by Crippen LogP contribution is 2.33. The van der Waals surface area contributed by atoms with Gasteiger partial charge in [0.15, 0.2) is 0 Å². The average Bonchev–Trinajstić information content (AvgIpc) is 2.31. The van der Waals surface area contributed by atoms with Crippen molar-refractivity contribution in [3.8, 4) is 0 Å². The van der Waals surface area contributed by atoms with E-state index < -0.39 is 6.10 Å². The van der Waals surface area contributed by atoms with E-state index in [4.69, 9.17) is 5.11 Å². The molecular formula is C15H22BrNO2. The lowest BCUT2D eigenvalue weighted by Gasteiger charge is -2.39. The van der Waals surface area contributed by atoms with Gasteiger partial charge in [0.1, 0.15) is 0 Å². The van der Waals surface area contributed by atoms with Crippen molar-refractivity contribution >= 4 is 21.6 Å². The number of halogens is 1. The van der Waals surface area contributed by atoms with E-state index in [1.807, 2.05) is 6.07 Å². The Hall–Kier alpha value is -0.580. The molecule has 2 N–H and O–H groups in total. The molecule has 0 amide bonds. The third-order valence-electron chi connectivity index (χ3n) is 3.84. The number of anilines is 1. The average molecular weight is 328 g/mol. The van der Waals surface area contributed by atoms with Crippen LogP contribution in [0.15, 0.2) is 22.7 Å². The summed E-state index contributed by atoms with van der Waals surface area (Å²) in [5, 5.41) is 18.7. The molecule has 1 fully saturated rings. The number of aliphatic hydroxyl groups excluding tert-OH is 2. The maximum Gasteiger partial charge on any atom is 0.0772 e. The largest absolute Gasteiger partial charge is 0.396 e. The molecule has 0 radical (unpaired) electrons. The molecule has 0 spiro atoms. The van der Waals surface area contributed by atoms with Gasteiger partial charge >= 0.3 is 0 Å². The summed E-state index contributed by atoms with van der Waals surface area (Å²) < 4.78 is 0.952. The molecule has 0 aliphatic heterocycles. The highest BCUT2D eigenvalue weighted by molar-refractivity contribution is 9.10. The van der Waals surface area contributed by atoms with Gasteiger partial charge in [-0.3, -0.25) is 0 Å². The Balaban J connectivity index is 2.18. The Morgan fingerprint density at radius 3 is 2.63 bits per heavy atom. The maximum atomic E-state index is 9.67. The molecule has 1 aliphatic carbocycles. The zero-order chi connectivity index (χ0) is 13.8. The highest BCUT2D eigenvalue weighted by Gasteiger charge is 2.25. The molecule has 1 atom stereocenters. The molecule has 0 heterocycles. The number of nitrogens with zero attached hydrogens (tertiary/aromatic N) is 1. The smallest absolute Gasteiger partial charge is 0.0772 e. The number of benzene rings is 1. The van der Waals surface area contributed by atoms with Crippen LogP contribution in [0.25, 0.3) is 0 Å². The minimum absolute atomic E-state index is 0.232. The molecule has 0 saturated heterocycles. The van der Waals surface area contributed by atoms with Gasteiger partial charge in [-0.05, 0) is 50.3 Å². The van der Waals surface area contributed by atoms with Gasteiger partial charge in [-0.25, -0.2) is 0 Å². The van der Waals surface area contributed by atoms with E-state index in [9.17, 15) is 5.11 Å². The Morgan fingerprint density at radius 1 is 1.42 bits per heavy atom. The lowest BCUT2D eigenvalue weighted by Crippen LogP contribution is -2.41. The van der Waals surface area contributed by atoms with Crippen molar-refractivity contribution in [2.75, 3.05) is 18.1 Å². The first-order valence-electron chi connectivity index (χ1n) is 6.98. The first-order chi connectivity index (χ1) is 9.13. The monoisotopic (exact) mass is 327 g/mol. The predicted molar refractivity (Wildman–Crippen MR) is 81.5 cm³/mol. The van der Waals surface area contributed by atoms with Gasteiger partial charge in [0.2, 0.25) is 0 Å². The Labute approximate surface area is 123 Å². The van der Waals surface area contributed by atoms with Crippen LogP contribution in [-0.4, -0.2) is 29.4 Å². The van der Waals surface area contributed by atoms with Crippen molar-refractivity contribution in [3.05, 3.63) is 28.2 Å². The van der Waals surface area contributed by atoms with Gasteiger partial charge in [-0.2, -0.15) is 0 Å². The standard InChI is InChI=1S/C15H22BrNO2/c1-11(19)14-7-6-13(10-15(14)16)17(8-3-9-18)12-4-2-5-12/h6-7,10-12,18-19H,2-5,8-9H2,1H3. The fourth-order valence-electron chi connectivity index (χ4n) is 2.50. The van der Waals surface area contributed by atoms with Crippen LogP contribution in [0, 0.1) is 0 Å². The SMILES string of the molecule is CC(O)c1ccc(N(CCCO)C2CCC2)cc1Br. The number of hydrogen-bond acceptors (Lipinski definition) is 3. The van der Waals surface area contributed by atoms with Crippen LogP contribution in [0.4, 0.5) is 5.69 Å². The maximum absolute atomic E-state index is 9.67. The van der Waals surface area contributed by atoms with Crippen LogP contribution >= 0.6 is 15.9 Å². The lowest BCUT2D eigenvalue weighted by molar-refractivity contribution is 0.198. The molecule has 1 saturated carbocycles. The quantitative estimate of drug-likeness (QED) is 0.842. The summed E-state index contributed by atoms with van der Waals surface area (Å²) in [6.07, 6.45) is 4.11. The van der Waals surface area contributed by atoms with Gasteiger partial charge in [-0.15, -0.1) is 0 Å². The molecule has 3 nitrogen and oxygen atoms in total. The molecule has 0 bridgehead atoms. The van der Waals surface area contributed by atoms with E-state index in [0.29, 0.717) is 6.04 Å². The Morgan fingerprint density at radius 2 is 2.16 bits per heavy atom. The third kappa shape index (κ3) is 3.50. The van der Waals surface area contributed by atoms with Gasteiger partial charge < -0.3 is 15.1 Å². The molecule has 2 rings (SSSR count). The van der Waals surface area contributed by atoms with Gasteiger partial charge in [0, 0.05) is 29.4 Å². The first kappa shape index (κ1) is 14.8. The summed E-state index contributed by atoms with van der Waals surface area (Å²) in [4.78, 5) is 2.39. The van der Waals surface area contributed by atoms with Crippen LogP contribution in [0.2, 0.25) is 0 Å². The second kappa shape index (κ2) is 6.73.